The van der Waals surface area contributed by atoms with Crippen molar-refractivity contribution in [2.75, 3.05) is 7.11 Å². The molecule has 1 fully saturated rings. The Morgan fingerprint density at radius 3 is 2.48 bits per heavy atom. The average molecular weight is 343 g/mol. The van der Waals surface area contributed by atoms with E-state index in [-0.39, 0.29) is 18.2 Å². The third-order valence-corrected chi connectivity index (χ3v) is 5.48. The highest BCUT2D eigenvalue weighted by Gasteiger charge is 2.54. The molecular weight excluding hydrogens is 317 g/mol. The zero-order valence-corrected chi connectivity index (χ0v) is 15.8. The maximum Gasteiger partial charge on any atom is 0.466 e. The van der Waals surface area contributed by atoms with Crippen LogP contribution in [0, 0.1) is 6.92 Å². The van der Waals surface area contributed by atoms with Gasteiger partial charge in [-0.25, -0.2) is 0 Å². The number of aromatic amines is 1. The van der Waals surface area contributed by atoms with Crippen LogP contribution in [0.1, 0.15) is 51.1 Å². The number of hydrogen-bond acceptors (Lipinski definition) is 4. The number of aryl methyl sites for hydroxylation is 1. The second kappa shape index (κ2) is 6.18. The maximum absolute atomic E-state index is 12.0. The van der Waals surface area contributed by atoms with Crippen molar-refractivity contribution >= 4 is 24.0 Å². The molecule has 1 aliphatic heterocycles. The molecule has 5 nitrogen and oxygen atoms in total. The number of benzene rings is 1. The van der Waals surface area contributed by atoms with Gasteiger partial charge in [-0.05, 0) is 51.8 Å². The fraction of sp³-hybridized carbons (Fsp3) is 0.526. The van der Waals surface area contributed by atoms with Gasteiger partial charge in [0, 0.05) is 22.9 Å². The van der Waals surface area contributed by atoms with Crippen LogP contribution in [0.15, 0.2) is 24.4 Å². The molecule has 0 aliphatic carbocycles. The molecule has 2 heterocycles. The molecule has 0 saturated carbocycles. The van der Waals surface area contributed by atoms with Crippen LogP contribution < -0.4 is 0 Å². The van der Waals surface area contributed by atoms with Gasteiger partial charge in [0.25, 0.3) is 0 Å². The lowest BCUT2D eigenvalue weighted by molar-refractivity contribution is -0.140. The lowest BCUT2D eigenvalue weighted by atomic mass is 9.66. The third-order valence-electron chi connectivity index (χ3n) is 5.48. The molecule has 1 aromatic heterocycles. The van der Waals surface area contributed by atoms with Gasteiger partial charge in [0.15, 0.2) is 0 Å². The molecule has 6 heteroatoms. The Balaban J connectivity index is 2.02. The Bertz CT molecular complexity index is 780. The summed E-state index contributed by atoms with van der Waals surface area (Å²) < 4.78 is 17.4. The lowest BCUT2D eigenvalue weighted by Gasteiger charge is -2.32. The first-order valence-electron chi connectivity index (χ1n) is 8.65. The van der Waals surface area contributed by atoms with E-state index in [1.165, 1.54) is 12.7 Å². The molecule has 1 atom stereocenters. The zero-order chi connectivity index (χ0) is 18.4. The summed E-state index contributed by atoms with van der Waals surface area (Å²) in [6.07, 6.45) is 2.15. The van der Waals surface area contributed by atoms with Crippen LogP contribution in [0.3, 0.4) is 0 Å². The number of hydrogen-bond donors (Lipinski definition) is 1. The second-order valence-corrected chi connectivity index (χ2v) is 7.80. The Kier molecular flexibility index (Phi) is 4.46. The minimum absolute atomic E-state index is 0.203. The standard InChI is InChI=1S/C19H26BNO4/c1-12-7-8-13-14(11-21-16(13)9-12)15(10-17(22)23-6)20-24-18(2,3)19(4,5)25-20/h7-9,11,15,21H,10H2,1-6H3. The zero-order valence-electron chi connectivity index (χ0n) is 15.8. The van der Waals surface area contributed by atoms with E-state index < -0.39 is 18.3 Å². The summed E-state index contributed by atoms with van der Waals surface area (Å²) in [6.45, 7) is 10.1. The number of methoxy groups -OCH3 is 1. The molecular formula is C19H26BNO4. The normalized spacial score (nSPS) is 20.0. The molecule has 0 spiro atoms. The molecule has 0 radical (unpaired) electrons. The van der Waals surface area contributed by atoms with Crippen LogP contribution in [0.25, 0.3) is 10.9 Å². The number of H-pyrrole nitrogens is 1. The smallest absolute Gasteiger partial charge is 0.466 e. The summed E-state index contributed by atoms with van der Waals surface area (Å²) >= 11 is 0. The quantitative estimate of drug-likeness (QED) is 0.678. The van der Waals surface area contributed by atoms with Crippen LogP contribution in [0.5, 0.6) is 0 Å². The van der Waals surface area contributed by atoms with Gasteiger partial charge in [-0.1, -0.05) is 12.1 Å². The van der Waals surface area contributed by atoms with Crippen molar-refractivity contribution in [3.8, 4) is 0 Å². The lowest BCUT2D eigenvalue weighted by Crippen LogP contribution is -2.41. The van der Waals surface area contributed by atoms with Gasteiger partial charge in [0.2, 0.25) is 0 Å². The number of fused-ring (bicyclic) bond motifs is 1. The monoisotopic (exact) mass is 343 g/mol. The van der Waals surface area contributed by atoms with E-state index >= 15 is 0 Å². The van der Waals surface area contributed by atoms with Crippen molar-refractivity contribution in [2.45, 2.75) is 58.1 Å². The molecule has 1 saturated heterocycles. The highest BCUT2D eigenvalue weighted by molar-refractivity contribution is 6.48. The van der Waals surface area contributed by atoms with E-state index in [1.54, 1.807) is 0 Å². The Morgan fingerprint density at radius 2 is 1.88 bits per heavy atom. The summed E-state index contributed by atoms with van der Waals surface area (Å²) in [7, 11) is 0.895. The summed E-state index contributed by atoms with van der Waals surface area (Å²) in [5.41, 5.74) is 2.34. The number of rotatable bonds is 4. The van der Waals surface area contributed by atoms with E-state index in [0.29, 0.717) is 0 Å². The molecule has 3 rings (SSSR count). The third kappa shape index (κ3) is 3.21. The number of ether oxygens (including phenoxy) is 1. The van der Waals surface area contributed by atoms with Crippen LogP contribution in [-0.4, -0.2) is 36.4 Å². The summed E-state index contributed by atoms with van der Waals surface area (Å²) in [4.78, 5) is 15.3. The highest BCUT2D eigenvalue weighted by Crippen LogP contribution is 2.43. The first-order valence-corrected chi connectivity index (χ1v) is 8.65. The van der Waals surface area contributed by atoms with Gasteiger partial charge in [0.1, 0.15) is 0 Å². The number of aromatic nitrogens is 1. The van der Waals surface area contributed by atoms with Crippen molar-refractivity contribution in [3.63, 3.8) is 0 Å². The first kappa shape index (κ1) is 18.0. The Morgan fingerprint density at radius 1 is 1.24 bits per heavy atom. The maximum atomic E-state index is 12.0. The van der Waals surface area contributed by atoms with Crippen LogP contribution in [0.2, 0.25) is 0 Å². The second-order valence-electron chi connectivity index (χ2n) is 7.80. The molecule has 0 bridgehead atoms. The summed E-state index contributed by atoms with van der Waals surface area (Å²) in [5, 5.41) is 1.08. The molecule has 0 amide bonds. The molecule has 134 valence electrons. The van der Waals surface area contributed by atoms with E-state index in [0.717, 1.165) is 16.5 Å². The van der Waals surface area contributed by atoms with Crippen molar-refractivity contribution in [2.24, 2.45) is 0 Å². The number of nitrogens with one attached hydrogen (secondary N) is 1. The molecule has 1 aromatic carbocycles. The molecule has 1 unspecified atom stereocenters. The van der Waals surface area contributed by atoms with E-state index in [9.17, 15) is 4.79 Å². The molecule has 25 heavy (non-hydrogen) atoms. The number of carbonyl (C=O) groups excluding carboxylic acids is 1. The topological polar surface area (TPSA) is 60.6 Å². The van der Waals surface area contributed by atoms with E-state index in [2.05, 4.69) is 30.1 Å². The molecule has 1 aliphatic rings. The fourth-order valence-electron chi connectivity index (χ4n) is 3.24. The van der Waals surface area contributed by atoms with Gasteiger partial charge in [-0.2, -0.15) is 0 Å². The Hall–Kier alpha value is -1.79. The SMILES string of the molecule is COC(=O)CC(B1OC(C)(C)C(C)(C)O1)c1c[nH]c2cc(C)ccc12. The van der Waals surface area contributed by atoms with Crippen molar-refractivity contribution < 1.29 is 18.8 Å². The van der Waals surface area contributed by atoms with Crippen LogP contribution in [-0.2, 0) is 18.8 Å². The molecule has 2 aromatic rings. The van der Waals surface area contributed by atoms with Gasteiger partial charge in [-0.3, -0.25) is 4.79 Å². The van der Waals surface area contributed by atoms with Crippen molar-refractivity contribution in [3.05, 3.63) is 35.5 Å². The van der Waals surface area contributed by atoms with Crippen molar-refractivity contribution in [1.82, 2.24) is 4.98 Å². The Labute approximate surface area is 149 Å². The van der Waals surface area contributed by atoms with Gasteiger partial charge >= 0.3 is 13.1 Å². The minimum atomic E-state index is -0.510. The van der Waals surface area contributed by atoms with Gasteiger partial charge in [0.05, 0.1) is 24.7 Å². The van der Waals surface area contributed by atoms with Gasteiger partial charge < -0.3 is 19.0 Å². The van der Waals surface area contributed by atoms with Crippen LogP contribution >= 0.6 is 0 Å². The fourth-order valence-corrected chi connectivity index (χ4v) is 3.24. The average Bonchev–Trinajstić information content (AvgIpc) is 3.02. The largest absolute Gasteiger partial charge is 0.469 e. The van der Waals surface area contributed by atoms with Gasteiger partial charge in [-0.15, -0.1) is 0 Å². The van der Waals surface area contributed by atoms with Crippen molar-refractivity contribution in [1.29, 1.82) is 0 Å². The van der Waals surface area contributed by atoms with Crippen LogP contribution in [0.4, 0.5) is 0 Å². The number of carbonyl (C=O) groups is 1. The summed E-state index contributed by atoms with van der Waals surface area (Å²) in [6, 6.07) is 6.24. The molecule has 1 N–H and O–H groups in total. The summed E-state index contributed by atoms with van der Waals surface area (Å²) in [5.74, 6) is -0.522. The first-order chi connectivity index (χ1) is 11.6. The van der Waals surface area contributed by atoms with E-state index in [1.807, 2.05) is 33.9 Å². The highest BCUT2D eigenvalue weighted by atomic mass is 16.7. The predicted octanol–water partition coefficient (Wildman–Crippen LogP) is 3.75. The predicted molar refractivity (Wildman–Crippen MR) is 98.5 cm³/mol. The number of esters is 1. The van der Waals surface area contributed by atoms with E-state index in [4.69, 9.17) is 14.0 Å². The minimum Gasteiger partial charge on any atom is -0.469 e.